The normalized spacial score (nSPS) is 10.5. The predicted octanol–water partition coefficient (Wildman–Crippen LogP) is 5.25. The Hall–Kier alpha value is -3.07. The zero-order valence-electron chi connectivity index (χ0n) is 15.1. The molecule has 0 radical (unpaired) electrons. The van der Waals surface area contributed by atoms with Gasteiger partial charge in [-0.2, -0.15) is 0 Å². The van der Waals surface area contributed by atoms with Crippen LogP contribution in [0.1, 0.15) is 18.1 Å². The number of fused-ring (bicyclic) bond motifs is 1. The third kappa shape index (κ3) is 3.94. The number of esters is 1. The summed E-state index contributed by atoms with van der Waals surface area (Å²) in [5.74, 6) is 0.934. The van der Waals surface area contributed by atoms with Gasteiger partial charge in [-0.25, -0.2) is 4.79 Å². The Bertz CT molecular complexity index is 942. The highest BCUT2D eigenvalue weighted by molar-refractivity contribution is 5.98. The quantitative estimate of drug-likeness (QED) is 0.347. The highest BCUT2D eigenvalue weighted by Crippen LogP contribution is 2.36. The third-order valence-corrected chi connectivity index (χ3v) is 4.18. The number of hydrogen-bond donors (Lipinski definition) is 0. The Morgan fingerprint density at radius 2 is 1.65 bits per heavy atom. The second-order valence-corrected chi connectivity index (χ2v) is 6.32. The van der Waals surface area contributed by atoms with Crippen molar-refractivity contribution in [3.8, 4) is 11.5 Å². The number of ether oxygens (including phenoxy) is 2. The van der Waals surface area contributed by atoms with E-state index in [0.717, 1.165) is 28.5 Å². The summed E-state index contributed by atoms with van der Waals surface area (Å²) in [7, 11) is 0. The van der Waals surface area contributed by atoms with Crippen LogP contribution in [0.25, 0.3) is 10.8 Å². The monoisotopic (exact) mass is 346 g/mol. The molecule has 0 fully saturated rings. The zero-order valence-corrected chi connectivity index (χ0v) is 15.1. The third-order valence-electron chi connectivity index (χ3n) is 4.18. The minimum absolute atomic E-state index is 0.372. The van der Waals surface area contributed by atoms with Crippen molar-refractivity contribution in [2.45, 2.75) is 20.3 Å². The molecular weight excluding hydrogens is 324 g/mol. The molecule has 0 heterocycles. The fraction of sp³-hybridized carbons (Fsp3) is 0.174. The van der Waals surface area contributed by atoms with Gasteiger partial charge in [-0.05, 0) is 31.0 Å². The summed E-state index contributed by atoms with van der Waals surface area (Å²) < 4.78 is 11.6. The van der Waals surface area contributed by atoms with Gasteiger partial charge in [0.1, 0.15) is 11.5 Å². The van der Waals surface area contributed by atoms with E-state index < -0.39 is 5.97 Å². The summed E-state index contributed by atoms with van der Waals surface area (Å²) in [4.78, 5) is 12.0. The van der Waals surface area contributed by atoms with Crippen molar-refractivity contribution >= 4 is 16.7 Å². The highest BCUT2D eigenvalue weighted by Gasteiger charge is 2.15. The van der Waals surface area contributed by atoms with Crippen molar-refractivity contribution < 1.29 is 14.3 Å². The Kier molecular flexibility index (Phi) is 5.37. The molecule has 0 aromatic heterocycles. The minimum atomic E-state index is -0.420. The first kappa shape index (κ1) is 17.7. The van der Waals surface area contributed by atoms with Crippen molar-refractivity contribution in [2.75, 3.05) is 6.61 Å². The first-order valence-electron chi connectivity index (χ1n) is 8.63. The molecule has 0 aliphatic carbocycles. The SMILES string of the molecule is C=C(C)C(=O)Oc1c(C)cc(OCCc2ccccc2)c2ccccc12. The molecular formula is C23H22O3. The van der Waals surface area contributed by atoms with E-state index in [1.54, 1.807) is 6.92 Å². The van der Waals surface area contributed by atoms with Crippen molar-refractivity contribution in [1.29, 1.82) is 0 Å². The van der Waals surface area contributed by atoms with E-state index >= 15 is 0 Å². The Balaban J connectivity index is 1.87. The van der Waals surface area contributed by atoms with Crippen LogP contribution in [-0.4, -0.2) is 12.6 Å². The van der Waals surface area contributed by atoms with Gasteiger partial charge in [0.15, 0.2) is 0 Å². The lowest BCUT2D eigenvalue weighted by Gasteiger charge is -2.15. The van der Waals surface area contributed by atoms with Crippen molar-refractivity contribution in [3.63, 3.8) is 0 Å². The lowest BCUT2D eigenvalue weighted by molar-refractivity contribution is -0.130. The highest BCUT2D eigenvalue weighted by atomic mass is 16.5. The maximum Gasteiger partial charge on any atom is 0.338 e. The van der Waals surface area contributed by atoms with Crippen molar-refractivity contribution in [2.24, 2.45) is 0 Å². The fourth-order valence-electron chi connectivity index (χ4n) is 2.81. The van der Waals surface area contributed by atoms with Crippen molar-refractivity contribution in [3.05, 3.63) is 83.9 Å². The molecule has 0 bridgehead atoms. The molecule has 26 heavy (non-hydrogen) atoms. The summed E-state index contributed by atoms with van der Waals surface area (Å²) >= 11 is 0. The lowest BCUT2D eigenvalue weighted by Crippen LogP contribution is -2.10. The van der Waals surface area contributed by atoms with Crippen LogP contribution in [0.3, 0.4) is 0 Å². The van der Waals surface area contributed by atoms with Crippen molar-refractivity contribution in [1.82, 2.24) is 0 Å². The van der Waals surface area contributed by atoms with Gasteiger partial charge in [0.25, 0.3) is 0 Å². The van der Waals surface area contributed by atoms with Crippen LogP contribution in [0.2, 0.25) is 0 Å². The van der Waals surface area contributed by atoms with Crippen LogP contribution in [-0.2, 0) is 11.2 Å². The Morgan fingerprint density at radius 1 is 1.00 bits per heavy atom. The van der Waals surface area contributed by atoms with Crippen LogP contribution < -0.4 is 9.47 Å². The molecule has 3 aromatic rings. The van der Waals surface area contributed by atoms with Crippen LogP contribution in [0.15, 0.2) is 72.8 Å². The number of hydrogen-bond acceptors (Lipinski definition) is 3. The Morgan fingerprint density at radius 3 is 2.35 bits per heavy atom. The largest absolute Gasteiger partial charge is 0.493 e. The second-order valence-electron chi connectivity index (χ2n) is 6.32. The summed E-state index contributed by atoms with van der Waals surface area (Å²) in [5.41, 5.74) is 2.46. The van der Waals surface area contributed by atoms with Gasteiger partial charge in [-0.15, -0.1) is 0 Å². The van der Waals surface area contributed by atoms with E-state index in [1.165, 1.54) is 5.56 Å². The first-order valence-corrected chi connectivity index (χ1v) is 8.63. The van der Waals surface area contributed by atoms with Gasteiger partial charge in [-0.3, -0.25) is 0 Å². The van der Waals surface area contributed by atoms with E-state index in [-0.39, 0.29) is 0 Å². The van der Waals surface area contributed by atoms with E-state index in [0.29, 0.717) is 17.9 Å². The zero-order chi connectivity index (χ0) is 18.5. The first-order chi connectivity index (χ1) is 12.6. The molecule has 0 aliphatic rings. The topological polar surface area (TPSA) is 35.5 Å². The molecule has 3 nitrogen and oxygen atoms in total. The average molecular weight is 346 g/mol. The van der Waals surface area contributed by atoms with Gasteiger partial charge < -0.3 is 9.47 Å². The van der Waals surface area contributed by atoms with E-state index in [4.69, 9.17) is 9.47 Å². The van der Waals surface area contributed by atoms with Gasteiger partial charge in [-0.1, -0.05) is 61.2 Å². The van der Waals surface area contributed by atoms with Gasteiger partial charge >= 0.3 is 5.97 Å². The smallest absolute Gasteiger partial charge is 0.338 e. The standard InChI is InChI=1S/C23H22O3/c1-16(2)23(24)26-22-17(3)15-21(19-11-7-8-12-20(19)22)25-14-13-18-9-5-4-6-10-18/h4-12,15H,1,13-14H2,2-3H3. The van der Waals surface area contributed by atoms with E-state index in [9.17, 15) is 4.79 Å². The van der Waals surface area contributed by atoms with Crippen LogP contribution in [0.5, 0.6) is 11.5 Å². The van der Waals surface area contributed by atoms with E-state index in [2.05, 4.69) is 18.7 Å². The summed E-state index contributed by atoms with van der Waals surface area (Å²) in [6.07, 6.45) is 0.834. The van der Waals surface area contributed by atoms with Crippen LogP contribution in [0.4, 0.5) is 0 Å². The number of benzene rings is 3. The molecule has 3 rings (SSSR count). The Labute approximate surface area is 153 Å². The molecule has 3 heteroatoms. The summed E-state index contributed by atoms with van der Waals surface area (Å²) in [6.45, 7) is 7.78. The number of carbonyl (C=O) groups excluding carboxylic acids is 1. The maximum atomic E-state index is 12.0. The van der Waals surface area contributed by atoms with Crippen LogP contribution >= 0.6 is 0 Å². The summed E-state index contributed by atoms with van der Waals surface area (Å²) in [6, 6.07) is 20.0. The summed E-state index contributed by atoms with van der Waals surface area (Å²) in [5, 5.41) is 1.78. The van der Waals surface area contributed by atoms with Gasteiger partial charge in [0.2, 0.25) is 0 Å². The number of carbonyl (C=O) groups is 1. The number of rotatable bonds is 6. The molecule has 3 aromatic carbocycles. The lowest BCUT2D eigenvalue weighted by atomic mass is 10.0. The average Bonchev–Trinajstić information content (AvgIpc) is 2.65. The molecule has 0 atom stereocenters. The molecule has 0 saturated heterocycles. The molecule has 0 amide bonds. The fourth-order valence-corrected chi connectivity index (χ4v) is 2.81. The molecule has 0 N–H and O–H groups in total. The molecule has 0 aliphatic heterocycles. The molecule has 0 spiro atoms. The molecule has 0 saturated carbocycles. The maximum absolute atomic E-state index is 12.0. The van der Waals surface area contributed by atoms with Gasteiger partial charge in [0, 0.05) is 22.8 Å². The minimum Gasteiger partial charge on any atom is -0.493 e. The van der Waals surface area contributed by atoms with E-state index in [1.807, 2.05) is 55.5 Å². The predicted molar refractivity (Wildman–Crippen MR) is 105 cm³/mol. The van der Waals surface area contributed by atoms with Gasteiger partial charge in [0.05, 0.1) is 6.61 Å². The molecule has 132 valence electrons. The number of aryl methyl sites for hydroxylation is 1. The van der Waals surface area contributed by atoms with Crippen LogP contribution in [0, 0.1) is 6.92 Å². The molecule has 0 unspecified atom stereocenters. The second kappa shape index (κ2) is 7.87.